The van der Waals surface area contributed by atoms with Gasteiger partial charge in [0.15, 0.2) is 0 Å². The number of rotatable bonds is 3. The van der Waals surface area contributed by atoms with Crippen molar-refractivity contribution >= 4 is 17.3 Å². The highest BCUT2D eigenvalue weighted by Gasteiger charge is 2.06. The van der Waals surface area contributed by atoms with E-state index in [9.17, 15) is 0 Å². The van der Waals surface area contributed by atoms with Crippen molar-refractivity contribution in [3.8, 4) is 0 Å². The average Bonchev–Trinajstić information content (AvgIpc) is 2.15. The molecule has 0 saturated carbocycles. The van der Waals surface area contributed by atoms with Gasteiger partial charge in [-0.15, -0.1) is 11.6 Å². The Morgan fingerprint density at radius 1 is 1.14 bits per heavy atom. The third kappa shape index (κ3) is 2.21. The van der Waals surface area contributed by atoms with Crippen LogP contribution < -0.4 is 4.90 Å². The summed E-state index contributed by atoms with van der Waals surface area (Å²) in [5, 5.41) is 0. The summed E-state index contributed by atoms with van der Waals surface area (Å²) in [5.74, 6) is 0.670. The Hall–Kier alpha value is -0.690. The summed E-state index contributed by atoms with van der Waals surface area (Å²) in [7, 11) is 2.08. The molecule has 0 aromatic heterocycles. The fourth-order valence-electron chi connectivity index (χ4n) is 1.60. The molecular weight excluding hydrogens is 194 g/mol. The van der Waals surface area contributed by atoms with E-state index in [0.717, 1.165) is 6.54 Å². The molecule has 2 heteroatoms. The van der Waals surface area contributed by atoms with Gasteiger partial charge in [0.05, 0.1) is 0 Å². The lowest BCUT2D eigenvalue weighted by molar-refractivity contribution is 0.962. The van der Waals surface area contributed by atoms with Gasteiger partial charge < -0.3 is 4.90 Å². The van der Waals surface area contributed by atoms with Crippen LogP contribution in [0.25, 0.3) is 0 Å². The summed E-state index contributed by atoms with van der Waals surface area (Å²) in [6.45, 7) is 7.38. The van der Waals surface area contributed by atoms with E-state index in [0.29, 0.717) is 5.88 Å². The minimum Gasteiger partial charge on any atom is -0.373 e. The molecule has 1 aromatic carbocycles. The molecule has 0 spiro atoms. The molecule has 1 rings (SSSR count). The molecule has 0 radical (unpaired) electrons. The van der Waals surface area contributed by atoms with Gasteiger partial charge in [-0.1, -0.05) is 6.07 Å². The van der Waals surface area contributed by atoms with Gasteiger partial charge in [0.25, 0.3) is 0 Å². The second-order valence-electron chi connectivity index (χ2n) is 3.76. The summed E-state index contributed by atoms with van der Waals surface area (Å²) in [4.78, 5) is 2.20. The van der Waals surface area contributed by atoms with Gasteiger partial charge in [-0.2, -0.15) is 0 Å². The molecule has 0 aliphatic rings. The van der Waals surface area contributed by atoms with E-state index in [1.807, 2.05) is 0 Å². The second kappa shape index (κ2) is 4.70. The lowest BCUT2D eigenvalue weighted by Crippen LogP contribution is -2.20. The molecule has 0 fully saturated rings. The van der Waals surface area contributed by atoms with Gasteiger partial charge in [-0.25, -0.2) is 0 Å². The predicted molar refractivity (Wildman–Crippen MR) is 64.6 cm³/mol. The fraction of sp³-hybridized carbons (Fsp3) is 0.500. The van der Waals surface area contributed by atoms with Crippen molar-refractivity contribution in [1.82, 2.24) is 0 Å². The Balaban J connectivity index is 3.04. The summed E-state index contributed by atoms with van der Waals surface area (Å²) >= 11 is 5.73. The molecule has 0 heterocycles. The van der Waals surface area contributed by atoms with Crippen LogP contribution in [0.4, 0.5) is 5.69 Å². The Morgan fingerprint density at radius 3 is 2.36 bits per heavy atom. The van der Waals surface area contributed by atoms with Gasteiger partial charge in [0, 0.05) is 25.2 Å². The summed E-state index contributed by atoms with van der Waals surface area (Å²) in [6.07, 6.45) is 0. The molecule has 0 N–H and O–H groups in total. The molecule has 0 saturated heterocycles. The first-order valence-corrected chi connectivity index (χ1v) is 5.45. The van der Waals surface area contributed by atoms with Gasteiger partial charge in [0.1, 0.15) is 0 Å². The average molecular weight is 212 g/mol. The quantitative estimate of drug-likeness (QED) is 0.694. The lowest BCUT2D eigenvalue weighted by atomic mass is 10.0. The summed E-state index contributed by atoms with van der Waals surface area (Å²) in [6, 6.07) is 4.34. The topological polar surface area (TPSA) is 3.24 Å². The molecule has 0 amide bonds. The van der Waals surface area contributed by atoms with Crippen molar-refractivity contribution in [2.24, 2.45) is 0 Å². The van der Waals surface area contributed by atoms with Gasteiger partial charge in [-0.3, -0.25) is 0 Å². The van der Waals surface area contributed by atoms with Crippen LogP contribution in [0.5, 0.6) is 0 Å². The molecule has 14 heavy (non-hydrogen) atoms. The number of alkyl halides is 1. The molecular formula is C12H18ClN. The van der Waals surface area contributed by atoms with E-state index in [-0.39, 0.29) is 0 Å². The van der Waals surface area contributed by atoms with Crippen LogP contribution in [0.3, 0.4) is 0 Å². The number of hydrogen-bond acceptors (Lipinski definition) is 1. The summed E-state index contributed by atoms with van der Waals surface area (Å²) < 4.78 is 0. The first-order valence-electron chi connectivity index (χ1n) is 4.91. The molecule has 0 aliphatic carbocycles. The second-order valence-corrected chi connectivity index (χ2v) is 4.14. The third-order valence-electron chi connectivity index (χ3n) is 2.86. The van der Waals surface area contributed by atoms with Gasteiger partial charge >= 0.3 is 0 Å². The monoisotopic (exact) mass is 211 g/mol. The molecule has 0 unspecified atom stereocenters. The number of halogens is 1. The van der Waals surface area contributed by atoms with Crippen molar-refractivity contribution in [1.29, 1.82) is 0 Å². The maximum atomic E-state index is 5.73. The largest absolute Gasteiger partial charge is 0.373 e. The number of nitrogens with zero attached hydrogens (tertiary/aromatic N) is 1. The zero-order valence-corrected chi connectivity index (χ0v) is 10.2. The maximum Gasteiger partial charge on any atom is 0.0399 e. The number of hydrogen-bond donors (Lipinski definition) is 0. The molecule has 0 bridgehead atoms. The first-order chi connectivity index (χ1) is 6.57. The predicted octanol–water partition coefficient (Wildman–Crippen LogP) is 3.29. The van der Waals surface area contributed by atoms with E-state index in [2.05, 4.69) is 44.9 Å². The minimum atomic E-state index is 0.670. The minimum absolute atomic E-state index is 0.670. The zero-order valence-electron chi connectivity index (χ0n) is 9.39. The van der Waals surface area contributed by atoms with Crippen LogP contribution in [-0.2, 0) is 0 Å². The Kier molecular flexibility index (Phi) is 3.82. The maximum absolute atomic E-state index is 5.73. The smallest absolute Gasteiger partial charge is 0.0399 e. The van der Waals surface area contributed by atoms with Gasteiger partial charge in [-0.05, 0) is 43.5 Å². The molecule has 0 aliphatic heterocycles. The highest BCUT2D eigenvalue weighted by atomic mass is 35.5. The van der Waals surface area contributed by atoms with E-state index < -0.39 is 0 Å². The van der Waals surface area contributed by atoms with Gasteiger partial charge in [0.2, 0.25) is 0 Å². The number of aryl methyl sites for hydroxylation is 1. The fourth-order valence-corrected chi connectivity index (χ4v) is 1.86. The lowest BCUT2D eigenvalue weighted by Gasteiger charge is -2.22. The third-order valence-corrected chi connectivity index (χ3v) is 3.03. The van der Waals surface area contributed by atoms with Crippen LogP contribution >= 0.6 is 11.6 Å². The summed E-state index contributed by atoms with van der Waals surface area (Å²) in [5.41, 5.74) is 5.38. The highest BCUT2D eigenvalue weighted by Crippen LogP contribution is 2.24. The van der Waals surface area contributed by atoms with E-state index in [1.165, 1.54) is 22.4 Å². The molecule has 78 valence electrons. The number of anilines is 1. The number of benzene rings is 1. The normalized spacial score (nSPS) is 10.4. The Morgan fingerprint density at radius 2 is 1.79 bits per heavy atom. The van der Waals surface area contributed by atoms with Crippen LogP contribution in [0.15, 0.2) is 12.1 Å². The molecule has 0 atom stereocenters. The van der Waals surface area contributed by atoms with Crippen molar-refractivity contribution < 1.29 is 0 Å². The van der Waals surface area contributed by atoms with E-state index in [1.54, 1.807) is 0 Å². The first kappa shape index (κ1) is 11.4. The van der Waals surface area contributed by atoms with Crippen LogP contribution in [0.2, 0.25) is 0 Å². The molecule has 1 aromatic rings. The molecule has 1 nitrogen and oxygen atoms in total. The van der Waals surface area contributed by atoms with E-state index >= 15 is 0 Å². The van der Waals surface area contributed by atoms with Crippen LogP contribution in [-0.4, -0.2) is 19.5 Å². The van der Waals surface area contributed by atoms with Crippen LogP contribution in [0, 0.1) is 20.8 Å². The standard InChI is InChI=1S/C12H18ClN/c1-9-5-6-12(11(3)10(9)2)14(4)8-7-13/h5-6H,7-8H2,1-4H3. The van der Waals surface area contributed by atoms with Crippen molar-refractivity contribution in [3.05, 3.63) is 28.8 Å². The Bertz CT molecular complexity index is 320. The van der Waals surface area contributed by atoms with E-state index in [4.69, 9.17) is 11.6 Å². The Labute approximate surface area is 91.7 Å². The highest BCUT2D eigenvalue weighted by molar-refractivity contribution is 6.18. The zero-order chi connectivity index (χ0) is 10.7. The SMILES string of the molecule is Cc1ccc(N(C)CCCl)c(C)c1C. The van der Waals surface area contributed by atoms with Crippen LogP contribution in [0.1, 0.15) is 16.7 Å². The van der Waals surface area contributed by atoms with Crippen molar-refractivity contribution in [3.63, 3.8) is 0 Å². The van der Waals surface area contributed by atoms with Crippen molar-refractivity contribution in [2.45, 2.75) is 20.8 Å². The van der Waals surface area contributed by atoms with Crippen molar-refractivity contribution in [2.75, 3.05) is 24.4 Å².